The van der Waals surface area contributed by atoms with Crippen molar-refractivity contribution in [2.24, 2.45) is 0 Å². The molecule has 0 aliphatic carbocycles. The van der Waals surface area contributed by atoms with Gasteiger partial charge in [-0.1, -0.05) is 0 Å². The summed E-state index contributed by atoms with van der Waals surface area (Å²) in [5, 5.41) is 0. The smallest absolute Gasteiger partial charge is 0.194 e. The fourth-order valence-electron chi connectivity index (χ4n) is 1.48. The number of ketones is 1. The van der Waals surface area contributed by atoms with Crippen molar-refractivity contribution in [1.29, 1.82) is 0 Å². The van der Waals surface area contributed by atoms with Gasteiger partial charge >= 0.3 is 0 Å². The van der Waals surface area contributed by atoms with Crippen molar-refractivity contribution < 1.29 is 9.18 Å². The highest BCUT2D eigenvalue weighted by Gasteiger charge is 2.11. The van der Waals surface area contributed by atoms with Gasteiger partial charge in [0.05, 0.1) is 0 Å². The standard InChI is InChI=1S/C13H10FNO/c1-9-12(3-2-8-15-9)13(16)10-4-6-11(14)7-5-10/h2-8H,1H3. The number of pyridine rings is 1. The van der Waals surface area contributed by atoms with Gasteiger partial charge in [-0.2, -0.15) is 0 Å². The maximum absolute atomic E-state index is 12.7. The van der Waals surface area contributed by atoms with Crippen LogP contribution in [0.25, 0.3) is 0 Å². The number of nitrogens with zero attached hydrogens (tertiary/aromatic N) is 1. The molecule has 0 unspecified atom stereocenters. The Hall–Kier alpha value is -2.03. The molecule has 0 aliphatic heterocycles. The Morgan fingerprint density at radius 3 is 2.50 bits per heavy atom. The number of benzene rings is 1. The average molecular weight is 215 g/mol. The van der Waals surface area contributed by atoms with E-state index in [9.17, 15) is 9.18 Å². The zero-order chi connectivity index (χ0) is 11.5. The molecule has 0 radical (unpaired) electrons. The molecule has 0 aliphatic rings. The summed E-state index contributed by atoms with van der Waals surface area (Å²) < 4.78 is 12.7. The summed E-state index contributed by atoms with van der Waals surface area (Å²) in [5.74, 6) is -0.481. The summed E-state index contributed by atoms with van der Waals surface area (Å²) >= 11 is 0. The Labute approximate surface area is 92.8 Å². The molecule has 80 valence electrons. The van der Waals surface area contributed by atoms with Crippen molar-refractivity contribution in [3.63, 3.8) is 0 Å². The van der Waals surface area contributed by atoms with Crippen molar-refractivity contribution in [3.05, 3.63) is 65.2 Å². The van der Waals surface area contributed by atoms with Crippen molar-refractivity contribution in [1.82, 2.24) is 4.98 Å². The second-order valence-electron chi connectivity index (χ2n) is 3.47. The average Bonchev–Trinajstić information content (AvgIpc) is 2.30. The predicted molar refractivity (Wildman–Crippen MR) is 58.8 cm³/mol. The first-order valence-electron chi connectivity index (χ1n) is 4.90. The van der Waals surface area contributed by atoms with E-state index in [0.29, 0.717) is 16.8 Å². The second-order valence-corrected chi connectivity index (χ2v) is 3.47. The Bertz CT molecular complexity index is 520. The predicted octanol–water partition coefficient (Wildman–Crippen LogP) is 2.76. The van der Waals surface area contributed by atoms with Gasteiger partial charge in [-0.25, -0.2) is 4.39 Å². The molecule has 3 heteroatoms. The number of carbonyl (C=O) groups excluding carboxylic acids is 1. The molecule has 2 rings (SSSR count). The van der Waals surface area contributed by atoms with Gasteiger partial charge in [0.15, 0.2) is 5.78 Å². The molecule has 1 aromatic carbocycles. The number of hydrogen-bond donors (Lipinski definition) is 0. The van der Waals surface area contributed by atoms with Crippen LogP contribution in [0.4, 0.5) is 4.39 Å². The van der Waals surface area contributed by atoms with Crippen molar-refractivity contribution in [2.75, 3.05) is 0 Å². The highest BCUT2D eigenvalue weighted by Crippen LogP contribution is 2.12. The molecule has 0 amide bonds. The highest BCUT2D eigenvalue weighted by molar-refractivity contribution is 6.09. The van der Waals surface area contributed by atoms with Crippen LogP contribution in [0.1, 0.15) is 21.6 Å². The molecule has 2 nitrogen and oxygen atoms in total. The van der Waals surface area contributed by atoms with E-state index in [-0.39, 0.29) is 11.6 Å². The monoisotopic (exact) mass is 215 g/mol. The molecular formula is C13H10FNO. The molecule has 0 spiro atoms. The molecule has 0 bridgehead atoms. The summed E-state index contributed by atoms with van der Waals surface area (Å²) in [6, 6.07) is 8.93. The van der Waals surface area contributed by atoms with E-state index in [2.05, 4.69) is 4.98 Å². The Morgan fingerprint density at radius 2 is 1.88 bits per heavy atom. The van der Waals surface area contributed by atoms with E-state index in [1.54, 1.807) is 25.3 Å². The number of aromatic nitrogens is 1. The first-order chi connectivity index (χ1) is 7.68. The van der Waals surface area contributed by atoms with E-state index in [0.717, 1.165) is 0 Å². The molecule has 16 heavy (non-hydrogen) atoms. The molecule has 0 N–H and O–H groups in total. The summed E-state index contributed by atoms with van der Waals surface area (Å²) in [7, 11) is 0. The number of carbonyl (C=O) groups is 1. The summed E-state index contributed by atoms with van der Waals surface area (Å²) in [6.07, 6.45) is 1.64. The Morgan fingerprint density at radius 1 is 1.19 bits per heavy atom. The van der Waals surface area contributed by atoms with Gasteiger partial charge in [0.2, 0.25) is 0 Å². The molecule has 1 aromatic heterocycles. The molecule has 0 fully saturated rings. The molecule has 2 aromatic rings. The molecule has 0 atom stereocenters. The maximum atomic E-state index is 12.7. The Balaban J connectivity index is 2.40. The zero-order valence-electron chi connectivity index (χ0n) is 8.77. The Kier molecular flexibility index (Phi) is 2.77. The number of aryl methyl sites for hydroxylation is 1. The molecule has 0 saturated carbocycles. The van der Waals surface area contributed by atoms with Crippen LogP contribution in [-0.2, 0) is 0 Å². The van der Waals surface area contributed by atoms with E-state index >= 15 is 0 Å². The minimum Gasteiger partial charge on any atom is -0.289 e. The van der Waals surface area contributed by atoms with E-state index in [4.69, 9.17) is 0 Å². The normalized spacial score (nSPS) is 10.1. The van der Waals surface area contributed by atoms with Crippen molar-refractivity contribution in [2.45, 2.75) is 6.92 Å². The fraction of sp³-hybridized carbons (Fsp3) is 0.0769. The van der Waals surface area contributed by atoms with Crippen LogP contribution in [0.15, 0.2) is 42.6 Å². The van der Waals surface area contributed by atoms with Crippen LogP contribution in [0, 0.1) is 12.7 Å². The van der Waals surface area contributed by atoms with Crippen LogP contribution in [-0.4, -0.2) is 10.8 Å². The summed E-state index contributed by atoms with van der Waals surface area (Å²) in [5.41, 5.74) is 1.70. The lowest BCUT2D eigenvalue weighted by Gasteiger charge is -2.03. The number of halogens is 1. The third kappa shape index (κ3) is 1.98. The first-order valence-corrected chi connectivity index (χ1v) is 4.90. The van der Waals surface area contributed by atoms with Crippen molar-refractivity contribution >= 4 is 5.78 Å². The molecular weight excluding hydrogens is 205 g/mol. The van der Waals surface area contributed by atoms with Crippen LogP contribution < -0.4 is 0 Å². The third-order valence-electron chi connectivity index (χ3n) is 2.36. The fourth-order valence-corrected chi connectivity index (χ4v) is 1.48. The van der Waals surface area contributed by atoms with Gasteiger partial charge in [-0.3, -0.25) is 9.78 Å². The van der Waals surface area contributed by atoms with Crippen LogP contribution in [0.5, 0.6) is 0 Å². The maximum Gasteiger partial charge on any atom is 0.194 e. The summed E-state index contributed by atoms with van der Waals surface area (Å²) in [4.78, 5) is 16.1. The zero-order valence-corrected chi connectivity index (χ0v) is 8.77. The van der Waals surface area contributed by atoms with Gasteiger partial charge in [-0.05, 0) is 43.3 Å². The van der Waals surface area contributed by atoms with Gasteiger partial charge in [0.25, 0.3) is 0 Å². The lowest BCUT2D eigenvalue weighted by atomic mass is 10.0. The second kappa shape index (κ2) is 4.23. The first kappa shape index (κ1) is 10.5. The topological polar surface area (TPSA) is 30.0 Å². The van der Waals surface area contributed by atoms with Gasteiger partial charge < -0.3 is 0 Å². The minimum absolute atomic E-state index is 0.134. The van der Waals surface area contributed by atoms with Crippen LogP contribution >= 0.6 is 0 Å². The number of rotatable bonds is 2. The SMILES string of the molecule is Cc1ncccc1C(=O)c1ccc(F)cc1. The lowest BCUT2D eigenvalue weighted by molar-refractivity contribution is 0.103. The van der Waals surface area contributed by atoms with E-state index < -0.39 is 0 Å². The van der Waals surface area contributed by atoms with Crippen LogP contribution in [0.2, 0.25) is 0 Å². The highest BCUT2D eigenvalue weighted by atomic mass is 19.1. The summed E-state index contributed by atoms with van der Waals surface area (Å²) in [6.45, 7) is 1.77. The molecule has 0 saturated heterocycles. The van der Waals surface area contributed by atoms with E-state index in [1.165, 1.54) is 24.3 Å². The van der Waals surface area contributed by atoms with Gasteiger partial charge in [0.1, 0.15) is 5.82 Å². The van der Waals surface area contributed by atoms with E-state index in [1.807, 2.05) is 0 Å². The lowest BCUT2D eigenvalue weighted by Crippen LogP contribution is -2.04. The van der Waals surface area contributed by atoms with Crippen LogP contribution in [0.3, 0.4) is 0 Å². The minimum atomic E-state index is -0.348. The number of hydrogen-bond acceptors (Lipinski definition) is 2. The largest absolute Gasteiger partial charge is 0.289 e. The van der Waals surface area contributed by atoms with Gasteiger partial charge in [-0.15, -0.1) is 0 Å². The van der Waals surface area contributed by atoms with Crippen molar-refractivity contribution in [3.8, 4) is 0 Å². The molecule has 1 heterocycles. The van der Waals surface area contributed by atoms with Gasteiger partial charge in [0, 0.05) is 23.0 Å². The quantitative estimate of drug-likeness (QED) is 0.721. The third-order valence-corrected chi connectivity index (χ3v) is 2.36.